The van der Waals surface area contributed by atoms with Gasteiger partial charge in [0.15, 0.2) is 0 Å². The summed E-state index contributed by atoms with van der Waals surface area (Å²) in [5.41, 5.74) is -2.32. The lowest BCUT2D eigenvalue weighted by Gasteiger charge is -2.35. The molecule has 0 fully saturated rings. The van der Waals surface area contributed by atoms with Crippen LogP contribution in [0.3, 0.4) is 0 Å². The van der Waals surface area contributed by atoms with Crippen LogP contribution in [0.15, 0.2) is 109 Å². The molecule has 114 heavy (non-hydrogen) atoms. The molecule has 0 aliphatic carbocycles. The van der Waals surface area contributed by atoms with Crippen molar-refractivity contribution in [3.05, 3.63) is 137 Å². The lowest BCUT2D eigenvalue weighted by molar-refractivity contribution is -0.163. The zero-order valence-corrected chi connectivity index (χ0v) is 70.8. The number of carboxylic acids is 1. The molecule has 30 heteroatoms. The fourth-order valence-corrected chi connectivity index (χ4v) is 12.9. The summed E-state index contributed by atoms with van der Waals surface area (Å²) in [5, 5.41) is 30.8. The largest absolute Gasteiger partial charge is 0.497 e. The van der Waals surface area contributed by atoms with E-state index in [1.54, 1.807) is 126 Å². The number of alkyl carbamates (subject to hydrolysis) is 1. The van der Waals surface area contributed by atoms with Crippen LogP contribution in [0, 0.1) is 5.92 Å². The van der Waals surface area contributed by atoms with E-state index in [1.807, 2.05) is 60.7 Å². The normalized spacial score (nSPS) is 14.2. The third-order valence-electron chi connectivity index (χ3n) is 16.3. The molecule has 0 spiro atoms. The van der Waals surface area contributed by atoms with Crippen molar-refractivity contribution in [2.24, 2.45) is 5.92 Å². The van der Waals surface area contributed by atoms with Gasteiger partial charge < -0.3 is 75.5 Å². The first-order chi connectivity index (χ1) is 52.7. The first-order valence-electron chi connectivity index (χ1n) is 38.0. The van der Waals surface area contributed by atoms with Gasteiger partial charge in [-0.05, 0) is 203 Å². The lowest BCUT2D eigenvalue weighted by Crippen LogP contribution is -2.61. The Bertz CT molecular complexity index is 3890. The van der Waals surface area contributed by atoms with Gasteiger partial charge in [-0.2, -0.15) is 0 Å². The van der Waals surface area contributed by atoms with E-state index in [-0.39, 0.29) is 24.9 Å². The van der Waals surface area contributed by atoms with E-state index in [9.17, 15) is 67.4 Å². The maximum absolute atomic E-state index is 15.0. The number of benzene rings is 4. The SMILES string of the molecule is COc1ccc(C(SCc2ccc(C(=O)N[C@@H](CC(=O)OC(C)(C)C)C(=O)N[C@@H](CC(=O)OC(C)(C)C)C(=O)N[C@@H](CC(=O)OC(C)(C)C)C(=O)N[C@H](C(=O)N[C@@H](CC(=O)OC(C)(C)C)C(=O)O[C@H](C)[C@H](NC(C)(C)C)C(=O)N[C@@H](CCCCNC(=O)OC(C)(C)C)C(=O)O)C(C)C)cc2)(c2ccccc2)c2ccccc2)cc1. The first kappa shape index (κ1) is 96.3. The monoisotopic (exact) mass is 1610 g/mol. The molecule has 0 aliphatic heterocycles. The highest BCUT2D eigenvalue weighted by Gasteiger charge is 2.42. The summed E-state index contributed by atoms with van der Waals surface area (Å²) in [5.74, 6) is -13.1. The van der Waals surface area contributed by atoms with Crippen LogP contribution in [0.1, 0.15) is 223 Å². The van der Waals surface area contributed by atoms with Gasteiger partial charge in [0, 0.05) is 23.4 Å². The van der Waals surface area contributed by atoms with E-state index in [0.717, 1.165) is 22.3 Å². The molecule has 0 heterocycles. The number of amides is 7. The molecule has 9 N–H and O–H groups in total. The molecule has 628 valence electrons. The topological polar surface area (TPSA) is 403 Å². The Hall–Kier alpha value is -10.1. The molecule has 4 aromatic carbocycles. The van der Waals surface area contributed by atoms with Crippen molar-refractivity contribution in [3.63, 3.8) is 0 Å². The Morgan fingerprint density at radius 2 is 0.807 bits per heavy atom. The van der Waals surface area contributed by atoms with Crippen molar-refractivity contribution in [1.29, 1.82) is 0 Å². The second kappa shape index (κ2) is 42.3. The minimum absolute atomic E-state index is 0.0596. The van der Waals surface area contributed by atoms with E-state index in [0.29, 0.717) is 17.9 Å². The fraction of sp³-hybridized carbons (Fsp3) is 0.560. The summed E-state index contributed by atoms with van der Waals surface area (Å²) in [7, 11) is 1.60. The van der Waals surface area contributed by atoms with Crippen LogP contribution in [0.25, 0.3) is 0 Å². The van der Waals surface area contributed by atoms with Gasteiger partial charge >= 0.3 is 41.9 Å². The van der Waals surface area contributed by atoms with Gasteiger partial charge in [0.05, 0.1) is 37.5 Å². The van der Waals surface area contributed by atoms with Crippen LogP contribution in [0.4, 0.5) is 4.79 Å². The predicted octanol–water partition coefficient (Wildman–Crippen LogP) is 9.49. The van der Waals surface area contributed by atoms with Crippen LogP contribution in [-0.4, -0.2) is 178 Å². The molecule has 8 atom stereocenters. The number of ether oxygens (including phenoxy) is 7. The van der Waals surface area contributed by atoms with Crippen LogP contribution >= 0.6 is 11.8 Å². The Morgan fingerprint density at radius 3 is 1.21 bits per heavy atom. The molecule has 4 rings (SSSR count). The number of aliphatic carboxylic acids is 1. The second-order valence-corrected chi connectivity index (χ2v) is 35.3. The molecule has 7 amide bonds. The van der Waals surface area contributed by atoms with E-state index in [4.69, 9.17) is 33.2 Å². The number of esters is 5. The number of rotatable bonds is 38. The number of thioether (sulfide) groups is 1. The predicted molar refractivity (Wildman–Crippen MR) is 429 cm³/mol. The quantitative estimate of drug-likeness (QED) is 0.00872. The van der Waals surface area contributed by atoms with Crippen molar-refractivity contribution in [1.82, 2.24) is 42.5 Å². The van der Waals surface area contributed by atoms with Crippen molar-refractivity contribution < 1.29 is 101 Å². The van der Waals surface area contributed by atoms with Gasteiger partial charge in [-0.25, -0.2) is 14.4 Å². The number of hydrogen-bond donors (Lipinski definition) is 9. The van der Waals surface area contributed by atoms with Crippen molar-refractivity contribution in [2.45, 2.75) is 283 Å². The highest BCUT2D eigenvalue weighted by molar-refractivity contribution is 7.99. The number of nitrogens with one attached hydrogen (secondary N) is 8. The van der Waals surface area contributed by atoms with Crippen LogP contribution < -0.4 is 47.3 Å². The van der Waals surface area contributed by atoms with E-state index >= 15 is 0 Å². The van der Waals surface area contributed by atoms with Crippen molar-refractivity contribution in [2.75, 3.05) is 13.7 Å². The Morgan fingerprint density at radius 1 is 0.421 bits per heavy atom. The zero-order chi connectivity index (χ0) is 86.1. The molecule has 4 aromatic rings. The van der Waals surface area contributed by atoms with Gasteiger partial charge in [-0.1, -0.05) is 98.8 Å². The highest BCUT2D eigenvalue weighted by atomic mass is 32.2. The minimum atomic E-state index is -2.01. The van der Waals surface area contributed by atoms with Gasteiger partial charge in [0.2, 0.25) is 29.5 Å². The zero-order valence-electron chi connectivity index (χ0n) is 70.0. The Labute approximate surface area is 674 Å². The average molecular weight is 1610 g/mol. The van der Waals surface area contributed by atoms with Crippen LogP contribution in [0.5, 0.6) is 5.75 Å². The molecule has 0 aliphatic rings. The van der Waals surface area contributed by atoms with Gasteiger partial charge in [-0.3, -0.25) is 53.3 Å². The molecule has 0 saturated carbocycles. The molecule has 0 radical (unpaired) electrons. The summed E-state index contributed by atoms with van der Waals surface area (Å²) in [4.78, 5) is 182. The average Bonchev–Trinajstić information content (AvgIpc) is 0.753. The summed E-state index contributed by atoms with van der Waals surface area (Å²) >= 11 is 1.65. The molecular formula is C84H120N8O21S. The van der Waals surface area contributed by atoms with Crippen molar-refractivity contribution >= 4 is 89.1 Å². The van der Waals surface area contributed by atoms with E-state index in [1.165, 1.54) is 62.3 Å². The molecule has 0 aromatic heterocycles. The summed E-state index contributed by atoms with van der Waals surface area (Å²) in [6.45, 7) is 33.2. The number of methoxy groups -OCH3 is 1. The number of carboxylic acid groups (broad SMARTS) is 1. The van der Waals surface area contributed by atoms with Crippen LogP contribution in [-0.2, 0) is 91.7 Å². The maximum Gasteiger partial charge on any atom is 0.407 e. The Kier molecular flexibility index (Phi) is 35.7. The maximum atomic E-state index is 15.0. The molecule has 0 unspecified atom stereocenters. The number of carbonyl (C=O) groups is 13. The second-order valence-electron chi connectivity index (χ2n) is 34.1. The van der Waals surface area contributed by atoms with Gasteiger partial charge in [-0.15, -0.1) is 11.8 Å². The third kappa shape index (κ3) is 34.3. The molecule has 29 nitrogen and oxygen atoms in total. The van der Waals surface area contributed by atoms with Crippen LogP contribution in [0.2, 0.25) is 0 Å². The summed E-state index contributed by atoms with van der Waals surface area (Å²) < 4.78 is 38.2. The summed E-state index contributed by atoms with van der Waals surface area (Å²) in [6.07, 6.45) is -5.22. The molecule has 0 saturated heterocycles. The highest BCUT2D eigenvalue weighted by Crippen LogP contribution is 2.50. The molecule has 0 bridgehead atoms. The smallest absolute Gasteiger partial charge is 0.407 e. The third-order valence-corrected chi connectivity index (χ3v) is 17.9. The minimum Gasteiger partial charge on any atom is -0.497 e. The van der Waals surface area contributed by atoms with Crippen molar-refractivity contribution in [3.8, 4) is 5.75 Å². The molecular weight excluding hydrogens is 1490 g/mol. The standard InChI is InChI=1S/C84H120N8O21S/c1-50(2)67(73(101)90-62(48-66(96)112-82(16,17)18)76(105)108-51(3)68(92-78(4,5)6)74(102)86-58(75(103)104)35-29-30-44-85-77(106)113-83(19,20)21)91-72(100)61(47-65(95)111-81(13,14)15)89-71(99)60(46-64(94)110-80(10,11)12)88-70(98)59(45-63(93)109-79(7,8)9)87-69(97)53-38-36-52(37-39-53)49-114-84(54-31-25-23-26-32-54,55-33-27-24-28-34-55)56-40-42-57(107-22)43-41-56/h23-28,31-34,36-43,50-51,58-62,67-68,92H,29-30,35,44-49H2,1-22H3,(H,85,106)(H,86,102)(H,87,97)(H,88,98)(H,89,99)(H,90,101)(H,91,100)(H,103,104)/t51-,58+,59+,60+,61+,62+,67+,68+/m1/s1. The number of unbranched alkanes of at least 4 members (excludes halogenated alkanes) is 1. The van der Waals surface area contributed by atoms with E-state index < -0.39 is 196 Å². The van der Waals surface area contributed by atoms with E-state index in [2.05, 4.69) is 66.8 Å². The number of carbonyl (C=O) groups excluding carboxylic acids is 12. The van der Waals surface area contributed by atoms with Gasteiger partial charge in [0.25, 0.3) is 5.91 Å². The Balaban J connectivity index is 1.70. The van der Waals surface area contributed by atoms with Gasteiger partial charge in [0.1, 0.15) is 82.2 Å². The summed E-state index contributed by atoms with van der Waals surface area (Å²) in [6, 6.07) is 22.2. The lowest BCUT2D eigenvalue weighted by atomic mass is 9.84. The number of hydrogen-bond acceptors (Lipinski definition) is 22. The fourth-order valence-electron chi connectivity index (χ4n) is 11.4. The first-order valence-corrected chi connectivity index (χ1v) is 39.0.